The van der Waals surface area contributed by atoms with E-state index in [9.17, 15) is 18.4 Å². The van der Waals surface area contributed by atoms with Gasteiger partial charge < -0.3 is 10.2 Å². The molecular formula is C22H27F2N3O2. The lowest BCUT2D eigenvalue weighted by molar-refractivity contribution is -0.130. The Balaban J connectivity index is 1.60. The van der Waals surface area contributed by atoms with Crippen molar-refractivity contribution in [1.82, 2.24) is 10.2 Å². The van der Waals surface area contributed by atoms with Gasteiger partial charge in [-0.3, -0.25) is 14.6 Å². The molecule has 1 saturated heterocycles. The lowest BCUT2D eigenvalue weighted by Gasteiger charge is -2.31. The fourth-order valence-corrected chi connectivity index (χ4v) is 4.05. The Kier molecular flexibility index (Phi) is 6.45. The van der Waals surface area contributed by atoms with Gasteiger partial charge in [-0.25, -0.2) is 8.78 Å². The third-order valence-corrected chi connectivity index (χ3v) is 5.98. The summed E-state index contributed by atoms with van der Waals surface area (Å²) in [6, 6.07) is 3.52. The van der Waals surface area contributed by atoms with Crippen LogP contribution in [-0.2, 0) is 9.59 Å². The van der Waals surface area contributed by atoms with E-state index in [1.807, 2.05) is 18.7 Å². The molecule has 2 heterocycles. The summed E-state index contributed by atoms with van der Waals surface area (Å²) in [6.07, 6.45) is 2.04. The lowest BCUT2D eigenvalue weighted by atomic mass is 9.87. The summed E-state index contributed by atoms with van der Waals surface area (Å²) in [5.74, 6) is -0.656. The molecule has 2 aliphatic rings. The van der Waals surface area contributed by atoms with Crippen LogP contribution in [0.15, 0.2) is 34.3 Å². The minimum Gasteiger partial charge on any atom is -0.343 e. The quantitative estimate of drug-likeness (QED) is 0.839. The van der Waals surface area contributed by atoms with Gasteiger partial charge in [0.05, 0.1) is 6.54 Å². The van der Waals surface area contributed by atoms with E-state index in [4.69, 9.17) is 0 Å². The van der Waals surface area contributed by atoms with Crippen LogP contribution in [0.4, 0.5) is 8.78 Å². The molecule has 0 aromatic heterocycles. The van der Waals surface area contributed by atoms with Gasteiger partial charge in [-0.05, 0) is 55.9 Å². The maximum absolute atomic E-state index is 13.6. The van der Waals surface area contributed by atoms with Crippen LogP contribution < -0.4 is 5.32 Å². The highest BCUT2D eigenvalue weighted by Crippen LogP contribution is 2.31. The zero-order valence-corrected chi connectivity index (χ0v) is 17.1. The Morgan fingerprint density at radius 1 is 1.14 bits per heavy atom. The van der Waals surface area contributed by atoms with Crippen molar-refractivity contribution in [2.45, 2.75) is 46.0 Å². The van der Waals surface area contributed by atoms with Crippen molar-refractivity contribution in [3.8, 4) is 0 Å². The second-order valence-electron chi connectivity index (χ2n) is 7.95. The van der Waals surface area contributed by atoms with Crippen LogP contribution in [0.2, 0.25) is 0 Å². The van der Waals surface area contributed by atoms with Crippen LogP contribution in [0.5, 0.6) is 0 Å². The number of piperidine rings is 1. The van der Waals surface area contributed by atoms with Gasteiger partial charge in [0, 0.05) is 38.4 Å². The number of amidine groups is 1. The summed E-state index contributed by atoms with van der Waals surface area (Å²) in [5, 5.41) is 2.90. The van der Waals surface area contributed by atoms with Crippen molar-refractivity contribution in [3.05, 3.63) is 46.5 Å². The molecule has 0 spiro atoms. The maximum atomic E-state index is 13.6. The summed E-state index contributed by atoms with van der Waals surface area (Å²) in [4.78, 5) is 30.2. The first-order chi connectivity index (χ1) is 13.7. The average Bonchev–Trinajstić information content (AvgIpc) is 2.65. The molecule has 1 aromatic rings. The number of likely N-dealkylation sites (tertiary alicyclic amines) is 1. The van der Waals surface area contributed by atoms with E-state index in [0.717, 1.165) is 30.1 Å². The molecule has 1 fully saturated rings. The molecule has 3 rings (SSSR count). The Labute approximate surface area is 169 Å². The van der Waals surface area contributed by atoms with Gasteiger partial charge in [-0.1, -0.05) is 5.57 Å². The van der Waals surface area contributed by atoms with Gasteiger partial charge in [0.15, 0.2) is 0 Å². The molecule has 1 N–H and O–H groups in total. The van der Waals surface area contributed by atoms with Crippen molar-refractivity contribution in [2.24, 2.45) is 10.9 Å². The van der Waals surface area contributed by atoms with Crippen molar-refractivity contribution >= 4 is 17.6 Å². The topological polar surface area (TPSA) is 61.8 Å². The highest BCUT2D eigenvalue weighted by Gasteiger charge is 2.26. The first-order valence-corrected chi connectivity index (χ1v) is 9.98. The third-order valence-electron chi connectivity index (χ3n) is 5.98. The van der Waals surface area contributed by atoms with E-state index in [0.29, 0.717) is 37.5 Å². The number of amides is 2. The molecule has 5 nitrogen and oxygen atoms in total. The number of hydrogen-bond acceptors (Lipinski definition) is 3. The normalized spacial score (nSPS) is 20.5. The van der Waals surface area contributed by atoms with Gasteiger partial charge in [0.2, 0.25) is 11.8 Å². The highest BCUT2D eigenvalue weighted by atomic mass is 19.1. The first kappa shape index (κ1) is 21.1. The third kappa shape index (κ3) is 5.08. The molecule has 0 aliphatic carbocycles. The molecule has 29 heavy (non-hydrogen) atoms. The zero-order chi connectivity index (χ0) is 21.1. The van der Waals surface area contributed by atoms with E-state index in [-0.39, 0.29) is 23.7 Å². The molecule has 0 radical (unpaired) electrons. The predicted octanol–water partition coefficient (Wildman–Crippen LogP) is 3.56. The van der Waals surface area contributed by atoms with E-state index >= 15 is 0 Å². The minimum absolute atomic E-state index is 0.0773. The summed E-state index contributed by atoms with van der Waals surface area (Å²) in [5.41, 5.74) is 2.31. The minimum atomic E-state index is -0.607. The SMILES string of the molecule is CC(=O)N1CCC(CC(=O)NC2=NCC(c3cc(F)cc(F)c3)C(C)=C2C)CC1. The Hall–Kier alpha value is -2.57. The molecule has 1 atom stereocenters. The number of carbonyl (C=O) groups is 2. The number of nitrogens with one attached hydrogen (secondary N) is 1. The average molecular weight is 403 g/mol. The first-order valence-electron chi connectivity index (χ1n) is 9.98. The predicted molar refractivity (Wildman–Crippen MR) is 108 cm³/mol. The van der Waals surface area contributed by atoms with Crippen LogP contribution in [0.25, 0.3) is 0 Å². The summed E-state index contributed by atoms with van der Waals surface area (Å²) < 4.78 is 27.2. The van der Waals surface area contributed by atoms with Crippen molar-refractivity contribution in [1.29, 1.82) is 0 Å². The molecule has 7 heteroatoms. The number of rotatable bonds is 3. The number of aliphatic imine (C=N–C) groups is 1. The number of dihydropyridines is 1. The molecule has 156 valence electrons. The zero-order valence-electron chi connectivity index (χ0n) is 17.1. The Morgan fingerprint density at radius 3 is 2.34 bits per heavy atom. The monoisotopic (exact) mass is 403 g/mol. The van der Waals surface area contributed by atoms with Crippen molar-refractivity contribution in [3.63, 3.8) is 0 Å². The Morgan fingerprint density at radius 2 is 1.76 bits per heavy atom. The fourth-order valence-electron chi connectivity index (χ4n) is 4.05. The number of benzene rings is 1. The van der Waals surface area contributed by atoms with Crippen LogP contribution in [-0.4, -0.2) is 42.2 Å². The lowest BCUT2D eigenvalue weighted by Crippen LogP contribution is -2.40. The van der Waals surface area contributed by atoms with Gasteiger partial charge in [0.25, 0.3) is 0 Å². The number of nitrogens with zero attached hydrogens (tertiary/aromatic N) is 2. The van der Waals surface area contributed by atoms with E-state index in [2.05, 4.69) is 10.3 Å². The largest absolute Gasteiger partial charge is 0.343 e. The molecule has 1 unspecified atom stereocenters. The van der Waals surface area contributed by atoms with Crippen LogP contribution >= 0.6 is 0 Å². The van der Waals surface area contributed by atoms with E-state index in [1.165, 1.54) is 12.1 Å². The molecule has 2 aliphatic heterocycles. The van der Waals surface area contributed by atoms with Crippen LogP contribution in [0.1, 0.15) is 51.5 Å². The summed E-state index contributed by atoms with van der Waals surface area (Å²) >= 11 is 0. The van der Waals surface area contributed by atoms with Gasteiger partial charge in [0.1, 0.15) is 17.5 Å². The van der Waals surface area contributed by atoms with Crippen LogP contribution in [0.3, 0.4) is 0 Å². The Bertz CT molecular complexity index is 851. The summed E-state index contributed by atoms with van der Waals surface area (Å²) in [6.45, 7) is 7.05. The second kappa shape index (κ2) is 8.84. The molecule has 0 saturated carbocycles. The standard InChI is InChI=1S/C22H27F2N3O2/c1-13-14(2)22(25-12-20(13)17-9-18(23)11-19(24)10-17)26-21(29)8-16-4-6-27(7-5-16)15(3)28/h9-11,16,20H,4-8,12H2,1-3H3,(H,25,26,29). The van der Waals surface area contributed by atoms with Gasteiger partial charge in [-0.15, -0.1) is 0 Å². The van der Waals surface area contributed by atoms with E-state index in [1.54, 1.807) is 6.92 Å². The van der Waals surface area contributed by atoms with Crippen LogP contribution in [0, 0.1) is 17.6 Å². The molecule has 0 bridgehead atoms. The number of carbonyl (C=O) groups excluding carboxylic acids is 2. The fraction of sp³-hybridized carbons (Fsp3) is 0.500. The summed E-state index contributed by atoms with van der Waals surface area (Å²) in [7, 11) is 0. The van der Waals surface area contributed by atoms with Crippen molar-refractivity contribution in [2.75, 3.05) is 19.6 Å². The number of halogens is 2. The van der Waals surface area contributed by atoms with E-state index < -0.39 is 11.6 Å². The molecule has 1 aromatic carbocycles. The second-order valence-corrected chi connectivity index (χ2v) is 7.95. The van der Waals surface area contributed by atoms with Gasteiger partial charge in [-0.2, -0.15) is 0 Å². The van der Waals surface area contributed by atoms with Gasteiger partial charge >= 0.3 is 0 Å². The maximum Gasteiger partial charge on any atom is 0.225 e. The molecule has 2 amide bonds. The number of hydrogen-bond donors (Lipinski definition) is 1. The smallest absolute Gasteiger partial charge is 0.225 e. The highest BCUT2D eigenvalue weighted by molar-refractivity contribution is 6.08. The molecular weight excluding hydrogens is 376 g/mol. The van der Waals surface area contributed by atoms with Crippen molar-refractivity contribution < 1.29 is 18.4 Å².